The Kier molecular flexibility index (Phi) is 5.69. The molecule has 0 fully saturated rings. The Balaban J connectivity index is 2.72. The topological polar surface area (TPSA) is 79.3 Å². The first-order valence-corrected chi connectivity index (χ1v) is 8.01. The van der Waals surface area contributed by atoms with Gasteiger partial charge in [0, 0.05) is 24.8 Å². The molecule has 8 heteroatoms. The molecule has 0 aliphatic rings. The molecule has 1 aromatic rings. The molecular formula is C12H25N5O2S. The predicted octanol–water partition coefficient (Wildman–Crippen LogP) is -0.279. The highest BCUT2D eigenvalue weighted by molar-refractivity contribution is 7.89. The van der Waals surface area contributed by atoms with Gasteiger partial charge in [0.15, 0.2) is 0 Å². The van der Waals surface area contributed by atoms with Crippen molar-refractivity contribution in [3.8, 4) is 0 Å². The minimum absolute atomic E-state index is 0.197. The lowest BCUT2D eigenvalue weighted by Gasteiger charge is -2.32. The molecular weight excluding hydrogens is 278 g/mol. The number of nitrogens with one attached hydrogen (secondary N) is 2. The van der Waals surface area contributed by atoms with Gasteiger partial charge in [0.25, 0.3) is 0 Å². The minimum atomic E-state index is -3.51. The minimum Gasteiger partial charge on any atom is -0.318 e. The number of aromatic nitrogens is 2. The van der Waals surface area contributed by atoms with Crippen molar-refractivity contribution >= 4 is 10.0 Å². The predicted molar refractivity (Wildman–Crippen MR) is 79.1 cm³/mol. The number of hydrogen-bond acceptors (Lipinski definition) is 5. The maximum absolute atomic E-state index is 12.2. The largest absolute Gasteiger partial charge is 0.318 e. The van der Waals surface area contributed by atoms with Gasteiger partial charge in [-0.3, -0.25) is 4.68 Å². The van der Waals surface area contributed by atoms with Gasteiger partial charge in [-0.2, -0.15) is 5.10 Å². The van der Waals surface area contributed by atoms with Crippen LogP contribution in [0, 0.1) is 0 Å². The van der Waals surface area contributed by atoms with Crippen LogP contribution in [0.4, 0.5) is 0 Å². The maximum atomic E-state index is 12.2. The van der Waals surface area contributed by atoms with Crippen LogP contribution in [-0.4, -0.2) is 62.9 Å². The van der Waals surface area contributed by atoms with E-state index in [0.717, 1.165) is 6.54 Å². The number of hydrogen-bond donors (Lipinski definition) is 2. The summed E-state index contributed by atoms with van der Waals surface area (Å²) in [6.45, 7) is 5.67. The van der Waals surface area contributed by atoms with E-state index in [-0.39, 0.29) is 10.4 Å². The van der Waals surface area contributed by atoms with Crippen LogP contribution in [0.25, 0.3) is 0 Å². The first kappa shape index (κ1) is 17.1. The molecule has 0 aliphatic heterocycles. The summed E-state index contributed by atoms with van der Waals surface area (Å²) in [4.78, 5) is 2.18. The number of likely N-dealkylation sites (N-methyl/N-ethyl adjacent to an activating group) is 2. The van der Waals surface area contributed by atoms with E-state index < -0.39 is 10.0 Å². The quantitative estimate of drug-likeness (QED) is 0.690. The third kappa shape index (κ3) is 4.55. The molecule has 0 aliphatic carbocycles. The Bertz CT molecular complexity index is 522. The summed E-state index contributed by atoms with van der Waals surface area (Å²) in [6, 6.07) is 0. The van der Waals surface area contributed by atoms with Crippen LogP contribution < -0.4 is 10.0 Å². The van der Waals surface area contributed by atoms with Gasteiger partial charge >= 0.3 is 0 Å². The first-order valence-electron chi connectivity index (χ1n) is 6.53. The van der Waals surface area contributed by atoms with Crippen molar-refractivity contribution in [2.24, 2.45) is 0 Å². The molecule has 2 N–H and O–H groups in total. The Morgan fingerprint density at radius 1 is 1.40 bits per heavy atom. The van der Waals surface area contributed by atoms with Crippen LogP contribution in [0.5, 0.6) is 0 Å². The van der Waals surface area contributed by atoms with E-state index in [1.165, 1.54) is 6.20 Å². The third-order valence-electron chi connectivity index (χ3n) is 3.42. The highest BCUT2D eigenvalue weighted by atomic mass is 32.2. The lowest BCUT2D eigenvalue weighted by molar-refractivity contribution is 0.199. The summed E-state index contributed by atoms with van der Waals surface area (Å²) in [7, 11) is 2.17. The molecule has 1 heterocycles. The lowest BCUT2D eigenvalue weighted by Crippen LogP contribution is -2.48. The normalized spacial score (nSPS) is 13.1. The van der Waals surface area contributed by atoms with Crippen LogP contribution in [0.3, 0.4) is 0 Å². The number of nitrogens with zero attached hydrogens (tertiary/aromatic N) is 3. The third-order valence-corrected chi connectivity index (χ3v) is 4.77. The van der Waals surface area contributed by atoms with Crippen molar-refractivity contribution in [2.75, 3.05) is 34.2 Å². The van der Waals surface area contributed by atoms with Crippen molar-refractivity contribution in [2.45, 2.75) is 30.8 Å². The second-order valence-corrected chi connectivity index (χ2v) is 7.34. The molecule has 116 valence electrons. The van der Waals surface area contributed by atoms with Gasteiger partial charge in [0.2, 0.25) is 10.0 Å². The summed E-state index contributed by atoms with van der Waals surface area (Å²) in [5.41, 5.74) is -0.255. The molecule has 7 nitrogen and oxygen atoms in total. The zero-order valence-corrected chi connectivity index (χ0v) is 13.7. The van der Waals surface area contributed by atoms with Crippen LogP contribution >= 0.6 is 0 Å². The highest BCUT2D eigenvalue weighted by Gasteiger charge is 2.24. The van der Waals surface area contributed by atoms with Gasteiger partial charge in [-0.1, -0.05) is 0 Å². The summed E-state index contributed by atoms with van der Waals surface area (Å²) in [5, 5.41) is 7.04. The van der Waals surface area contributed by atoms with Crippen LogP contribution in [0.1, 0.15) is 13.8 Å². The second-order valence-electron chi connectivity index (χ2n) is 5.57. The van der Waals surface area contributed by atoms with E-state index in [0.29, 0.717) is 13.1 Å². The Morgan fingerprint density at radius 2 is 2.05 bits per heavy atom. The highest BCUT2D eigenvalue weighted by Crippen LogP contribution is 2.11. The number of sulfonamides is 1. The molecule has 20 heavy (non-hydrogen) atoms. The Labute approximate surface area is 121 Å². The van der Waals surface area contributed by atoms with Crippen LogP contribution in [0.15, 0.2) is 17.3 Å². The van der Waals surface area contributed by atoms with Crippen molar-refractivity contribution in [1.82, 2.24) is 24.7 Å². The first-order chi connectivity index (χ1) is 9.19. The maximum Gasteiger partial charge on any atom is 0.243 e. The Morgan fingerprint density at radius 3 is 2.60 bits per heavy atom. The average molecular weight is 303 g/mol. The van der Waals surface area contributed by atoms with E-state index in [9.17, 15) is 8.42 Å². The van der Waals surface area contributed by atoms with Gasteiger partial charge in [-0.15, -0.1) is 0 Å². The molecule has 0 atom stereocenters. The molecule has 0 aromatic carbocycles. The summed E-state index contributed by atoms with van der Waals surface area (Å²) in [6.07, 6.45) is 2.92. The van der Waals surface area contributed by atoms with E-state index in [1.54, 1.807) is 10.9 Å². The fraction of sp³-hybridized carbons (Fsp3) is 0.750. The second kappa shape index (κ2) is 6.66. The van der Waals surface area contributed by atoms with Gasteiger partial charge in [0.1, 0.15) is 4.90 Å². The molecule has 0 saturated heterocycles. The van der Waals surface area contributed by atoms with Gasteiger partial charge in [-0.25, -0.2) is 13.1 Å². The van der Waals surface area contributed by atoms with E-state index in [4.69, 9.17) is 0 Å². The van der Waals surface area contributed by atoms with Crippen molar-refractivity contribution in [3.05, 3.63) is 12.4 Å². The van der Waals surface area contributed by atoms with E-state index >= 15 is 0 Å². The zero-order valence-electron chi connectivity index (χ0n) is 12.8. The molecule has 1 aromatic heterocycles. The lowest BCUT2D eigenvalue weighted by atomic mass is 10.1. The summed E-state index contributed by atoms with van der Waals surface area (Å²) < 4.78 is 28.6. The molecule has 1 rings (SSSR count). The van der Waals surface area contributed by atoms with Gasteiger partial charge in [0.05, 0.1) is 12.7 Å². The van der Waals surface area contributed by atoms with E-state index in [2.05, 4.69) is 15.1 Å². The van der Waals surface area contributed by atoms with Crippen molar-refractivity contribution < 1.29 is 8.42 Å². The van der Waals surface area contributed by atoms with Crippen molar-refractivity contribution in [1.29, 1.82) is 0 Å². The standard InChI is InChI=1S/C12H25N5O2S/c1-12(2,16(4)5)10-15-20(18,19)11-8-14-17(9-11)7-6-13-3/h8-9,13,15H,6-7,10H2,1-5H3. The molecule has 0 radical (unpaired) electrons. The van der Waals surface area contributed by atoms with Gasteiger partial charge < -0.3 is 10.2 Å². The summed E-state index contributed by atoms with van der Waals surface area (Å²) >= 11 is 0. The molecule has 0 amide bonds. The number of rotatable bonds is 8. The molecule has 0 unspecified atom stereocenters. The monoisotopic (exact) mass is 303 g/mol. The zero-order chi connectivity index (χ0) is 15.4. The molecule has 0 bridgehead atoms. The van der Waals surface area contributed by atoms with Crippen LogP contribution in [-0.2, 0) is 16.6 Å². The van der Waals surface area contributed by atoms with E-state index in [1.807, 2.05) is 39.9 Å². The summed E-state index contributed by atoms with van der Waals surface area (Å²) in [5.74, 6) is 0. The smallest absolute Gasteiger partial charge is 0.243 e. The van der Waals surface area contributed by atoms with Crippen molar-refractivity contribution in [3.63, 3.8) is 0 Å². The average Bonchev–Trinajstić information content (AvgIpc) is 2.83. The molecule has 0 spiro atoms. The van der Waals surface area contributed by atoms with Crippen LogP contribution in [0.2, 0.25) is 0 Å². The fourth-order valence-electron chi connectivity index (χ4n) is 1.35. The fourth-order valence-corrected chi connectivity index (χ4v) is 2.50. The van der Waals surface area contributed by atoms with Gasteiger partial charge in [-0.05, 0) is 35.0 Å². The SMILES string of the molecule is CNCCn1cc(S(=O)(=O)NCC(C)(C)N(C)C)cn1. The molecule has 0 saturated carbocycles. The Hall–Kier alpha value is -0.960.